The minimum Gasteiger partial charge on any atom is -0.143 e. The summed E-state index contributed by atoms with van der Waals surface area (Å²) in [5.74, 6) is 0. The van der Waals surface area contributed by atoms with Gasteiger partial charge in [-0.15, -0.1) is 11.3 Å². The fourth-order valence-corrected chi connectivity index (χ4v) is 3.21. The van der Waals surface area contributed by atoms with E-state index < -0.39 is 0 Å². The molecule has 0 spiro atoms. The van der Waals surface area contributed by atoms with Crippen LogP contribution >= 0.6 is 38.9 Å². The van der Waals surface area contributed by atoms with Gasteiger partial charge in [-0.25, -0.2) is 0 Å². The Kier molecular flexibility index (Phi) is 2.63. The highest BCUT2D eigenvalue weighted by molar-refractivity contribution is 9.08. The van der Waals surface area contributed by atoms with Crippen LogP contribution in [0.1, 0.15) is 11.1 Å². The van der Waals surface area contributed by atoms with Gasteiger partial charge in [-0.3, -0.25) is 0 Å². The van der Waals surface area contributed by atoms with Crippen LogP contribution in [0, 0.1) is 6.92 Å². The van der Waals surface area contributed by atoms with Gasteiger partial charge in [0.15, 0.2) is 0 Å². The lowest BCUT2D eigenvalue weighted by molar-refractivity contribution is 1.46. The molecule has 0 saturated heterocycles. The Balaban J connectivity index is 2.77. The second-order valence-electron chi connectivity index (χ2n) is 2.99. The number of halogens is 2. The molecule has 0 atom stereocenters. The SMILES string of the molecule is Cc1csc2cc(Cl)c(CBr)cc12. The molecule has 1 heterocycles. The van der Waals surface area contributed by atoms with Crippen molar-refractivity contribution in [3.63, 3.8) is 0 Å². The van der Waals surface area contributed by atoms with Crippen molar-refractivity contribution in [1.29, 1.82) is 0 Å². The minimum atomic E-state index is 0.817. The van der Waals surface area contributed by atoms with Crippen LogP contribution in [0.2, 0.25) is 5.02 Å². The van der Waals surface area contributed by atoms with Gasteiger partial charge >= 0.3 is 0 Å². The number of benzene rings is 1. The molecule has 1 aromatic carbocycles. The molecule has 0 aliphatic rings. The van der Waals surface area contributed by atoms with E-state index in [1.165, 1.54) is 15.6 Å². The minimum absolute atomic E-state index is 0.817. The second-order valence-corrected chi connectivity index (χ2v) is 4.87. The number of hydrogen-bond donors (Lipinski definition) is 0. The van der Waals surface area contributed by atoms with Crippen molar-refractivity contribution in [2.45, 2.75) is 12.3 Å². The molecule has 0 aliphatic heterocycles. The molecule has 0 fully saturated rings. The lowest BCUT2D eigenvalue weighted by Gasteiger charge is -2.00. The highest BCUT2D eigenvalue weighted by Crippen LogP contribution is 2.31. The first-order valence-electron chi connectivity index (χ1n) is 3.94. The van der Waals surface area contributed by atoms with Crippen LogP contribution in [0.4, 0.5) is 0 Å². The molecule has 0 unspecified atom stereocenters. The van der Waals surface area contributed by atoms with E-state index >= 15 is 0 Å². The van der Waals surface area contributed by atoms with Crippen LogP contribution in [0.3, 0.4) is 0 Å². The van der Waals surface area contributed by atoms with Crippen LogP contribution in [-0.4, -0.2) is 0 Å². The third-order valence-corrected chi connectivity index (χ3v) is 4.10. The molecule has 0 bridgehead atoms. The molecule has 0 nitrogen and oxygen atoms in total. The van der Waals surface area contributed by atoms with Crippen LogP contribution < -0.4 is 0 Å². The lowest BCUT2D eigenvalue weighted by Crippen LogP contribution is -1.79. The zero-order valence-electron chi connectivity index (χ0n) is 7.10. The predicted octanol–water partition coefficient (Wildman–Crippen LogP) is 4.76. The number of alkyl halides is 1. The molecule has 0 N–H and O–H groups in total. The van der Waals surface area contributed by atoms with Gasteiger partial charge in [0, 0.05) is 15.1 Å². The Bertz CT molecular complexity index is 447. The topological polar surface area (TPSA) is 0 Å². The highest BCUT2D eigenvalue weighted by Gasteiger charge is 2.05. The van der Waals surface area contributed by atoms with Gasteiger partial charge < -0.3 is 0 Å². The zero-order valence-corrected chi connectivity index (χ0v) is 10.3. The molecule has 2 rings (SSSR count). The maximum atomic E-state index is 6.09. The largest absolute Gasteiger partial charge is 0.143 e. The fourth-order valence-electron chi connectivity index (χ4n) is 1.32. The van der Waals surface area contributed by atoms with Gasteiger partial charge in [-0.1, -0.05) is 27.5 Å². The summed E-state index contributed by atoms with van der Waals surface area (Å²) in [6, 6.07) is 4.21. The lowest BCUT2D eigenvalue weighted by atomic mass is 10.1. The summed E-state index contributed by atoms with van der Waals surface area (Å²) in [5, 5.41) is 5.16. The molecular formula is C10H8BrClS. The van der Waals surface area contributed by atoms with Crippen molar-refractivity contribution in [3.8, 4) is 0 Å². The Hall–Kier alpha value is -0.0500. The third-order valence-electron chi connectivity index (χ3n) is 2.08. The van der Waals surface area contributed by atoms with Gasteiger partial charge in [0.05, 0.1) is 0 Å². The molecule has 0 saturated carbocycles. The average Bonchev–Trinajstić information content (AvgIpc) is 2.46. The molecule has 2 aromatic rings. The van der Waals surface area contributed by atoms with E-state index in [0.29, 0.717) is 0 Å². The molecular weight excluding hydrogens is 268 g/mol. The van der Waals surface area contributed by atoms with Gasteiger partial charge in [-0.05, 0) is 40.9 Å². The van der Waals surface area contributed by atoms with E-state index in [2.05, 4.69) is 34.3 Å². The highest BCUT2D eigenvalue weighted by atomic mass is 79.9. The summed E-state index contributed by atoms with van der Waals surface area (Å²) in [6.45, 7) is 2.13. The first-order valence-corrected chi connectivity index (χ1v) is 6.32. The molecule has 1 aromatic heterocycles. The molecule has 68 valence electrons. The number of fused-ring (bicyclic) bond motifs is 1. The third kappa shape index (κ3) is 1.63. The second kappa shape index (κ2) is 3.60. The maximum Gasteiger partial charge on any atom is 0.0460 e. The molecule has 13 heavy (non-hydrogen) atoms. The summed E-state index contributed by atoms with van der Waals surface area (Å²) in [7, 11) is 0. The molecule has 0 aliphatic carbocycles. The fraction of sp³-hybridized carbons (Fsp3) is 0.200. The van der Waals surface area contributed by atoms with E-state index in [-0.39, 0.29) is 0 Å². The van der Waals surface area contributed by atoms with E-state index in [1.54, 1.807) is 11.3 Å². The number of hydrogen-bond acceptors (Lipinski definition) is 1. The quantitative estimate of drug-likeness (QED) is 0.658. The molecule has 0 amide bonds. The Morgan fingerprint density at radius 1 is 1.46 bits per heavy atom. The van der Waals surface area contributed by atoms with Crippen LogP contribution in [0.25, 0.3) is 10.1 Å². The smallest absolute Gasteiger partial charge is 0.0460 e. The van der Waals surface area contributed by atoms with E-state index in [4.69, 9.17) is 11.6 Å². The maximum absolute atomic E-state index is 6.09. The van der Waals surface area contributed by atoms with Crippen molar-refractivity contribution >= 4 is 49.0 Å². The normalized spacial score (nSPS) is 11.0. The molecule has 0 radical (unpaired) electrons. The summed E-state index contributed by atoms with van der Waals surface area (Å²) >= 11 is 11.3. The van der Waals surface area contributed by atoms with Gasteiger partial charge in [0.25, 0.3) is 0 Å². The Morgan fingerprint density at radius 2 is 2.23 bits per heavy atom. The van der Waals surface area contributed by atoms with E-state index in [9.17, 15) is 0 Å². The first-order chi connectivity index (χ1) is 6.22. The summed E-state index contributed by atoms with van der Waals surface area (Å²) in [4.78, 5) is 0. The van der Waals surface area contributed by atoms with Crippen LogP contribution in [-0.2, 0) is 5.33 Å². The first kappa shape index (κ1) is 9.50. The van der Waals surface area contributed by atoms with Crippen LogP contribution in [0.15, 0.2) is 17.5 Å². The van der Waals surface area contributed by atoms with E-state index in [1.807, 2.05) is 6.07 Å². The van der Waals surface area contributed by atoms with Gasteiger partial charge in [0.2, 0.25) is 0 Å². The standard InChI is InChI=1S/C10H8BrClS/c1-6-5-13-10-3-9(12)7(4-11)2-8(6)10/h2-3,5H,4H2,1H3. The summed E-state index contributed by atoms with van der Waals surface area (Å²) in [5.41, 5.74) is 2.49. The number of rotatable bonds is 1. The monoisotopic (exact) mass is 274 g/mol. The predicted molar refractivity (Wildman–Crippen MR) is 64.2 cm³/mol. The van der Waals surface area contributed by atoms with Crippen molar-refractivity contribution in [2.75, 3.05) is 0 Å². The Morgan fingerprint density at radius 3 is 2.92 bits per heavy atom. The number of aryl methyl sites for hydroxylation is 1. The van der Waals surface area contributed by atoms with Crippen molar-refractivity contribution < 1.29 is 0 Å². The van der Waals surface area contributed by atoms with E-state index in [0.717, 1.165) is 15.9 Å². The summed E-state index contributed by atoms with van der Waals surface area (Å²) in [6.07, 6.45) is 0. The van der Waals surface area contributed by atoms with Gasteiger partial charge in [0.1, 0.15) is 0 Å². The Labute approximate surface area is 94.7 Å². The molecule has 3 heteroatoms. The van der Waals surface area contributed by atoms with Crippen molar-refractivity contribution in [2.24, 2.45) is 0 Å². The van der Waals surface area contributed by atoms with Crippen molar-refractivity contribution in [1.82, 2.24) is 0 Å². The van der Waals surface area contributed by atoms with Crippen molar-refractivity contribution in [3.05, 3.63) is 33.7 Å². The summed E-state index contributed by atoms with van der Waals surface area (Å²) < 4.78 is 1.27. The van der Waals surface area contributed by atoms with Crippen LogP contribution in [0.5, 0.6) is 0 Å². The van der Waals surface area contributed by atoms with Gasteiger partial charge in [-0.2, -0.15) is 0 Å². The zero-order chi connectivity index (χ0) is 9.42. The average molecular weight is 276 g/mol. The number of thiophene rings is 1.